The van der Waals surface area contributed by atoms with Gasteiger partial charge >= 0.3 is 0 Å². The lowest BCUT2D eigenvalue weighted by atomic mass is 9.85. The molecule has 3 aromatic rings. The molecule has 1 atom stereocenters. The van der Waals surface area contributed by atoms with Crippen molar-refractivity contribution < 1.29 is 33.6 Å². The van der Waals surface area contributed by atoms with Crippen LogP contribution in [0.4, 0.5) is 5.69 Å². The molecule has 1 N–H and O–H groups in total. The average Bonchev–Trinajstić information content (AvgIpc) is 3.21. The number of hydrogen-bond acceptors (Lipinski definition) is 7. The van der Waals surface area contributed by atoms with Crippen LogP contribution in [0, 0.1) is 0 Å². The number of benzene rings is 3. The zero-order valence-electron chi connectivity index (χ0n) is 22.6. The van der Waals surface area contributed by atoms with Crippen LogP contribution in [0.1, 0.15) is 43.5 Å². The summed E-state index contributed by atoms with van der Waals surface area (Å²) in [5, 5.41) is 11.6. The molecule has 2 aliphatic rings. The van der Waals surface area contributed by atoms with E-state index < -0.39 is 17.7 Å². The molecular weight excluding hydrogens is 498 g/mol. The van der Waals surface area contributed by atoms with Crippen LogP contribution in [0.3, 0.4) is 0 Å². The Kier molecular flexibility index (Phi) is 6.72. The lowest BCUT2D eigenvalue weighted by Crippen LogP contribution is -2.29. The number of carbonyl (C=O) groups is 2. The number of rotatable bonds is 5. The Morgan fingerprint density at radius 3 is 2.23 bits per heavy atom. The third-order valence-electron chi connectivity index (χ3n) is 7.00. The first-order chi connectivity index (χ1) is 18.6. The maximum Gasteiger partial charge on any atom is 0.300 e. The smallest absolute Gasteiger partial charge is 0.300 e. The zero-order chi connectivity index (χ0) is 27.9. The highest BCUT2D eigenvalue weighted by molar-refractivity contribution is 6.51. The largest absolute Gasteiger partial charge is 0.507 e. The summed E-state index contributed by atoms with van der Waals surface area (Å²) >= 11 is 0. The van der Waals surface area contributed by atoms with Crippen LogP contribution < -0.4 is 23.8 Å². The summed E-state index contributed by atoms with van der Waals surface area (Å²) in [5.41, 5.74) is 2.31. The second-order valence-corrected chi connectivity index (χ2v) is 10.4. The summed E-state index contributed by atoms with van der Waals surface area (Å²) in [6.07, 6.45) is 0. The quantitative estimate of drug-likeness (QED) is 0.269. The summed E-state index contributed by atoms with van der Waals surface area (Å²) in [5.74, 6) is -0.0814. The Hall–Kier alpha value is -4.46. The molecule has 8 heteroatoms. The summed E-state index contributed by atoms with van der Waals surface area (Å²) in [6.45, 7) is 7.14. The molecule has 0 spiro atoms. The molecule has 39 heavy (non-hydrogen) atoms. The van der Waals surface area contributed by atoms with E-state index in [0.29, 0.717) is 47.5 Å². The molecule has 2 heterocycles. The molecule has 1 amide bonds. The molecule has 8 nitrogen and oxygen atoms in total. The van der Waals surface area contributed by atoms with E-state index in [4.69, 9.17) is 18.9 Å². The minimum absolute atomic E-state index is 0.0510. The second kappa shape index (κ2) is 10.0. The summed E-state index contributed by atoms with van der Waals surface area (Å²) in [4.78, 5) is 28.6. The van der Waals surface area contributed by atoms with Crippen LogP contribution in [-0.4, -0.2) is 44.2 Å². The Morgan fingerprint density at radius 2 is 1.59 bits per heavy atom. The Balaban J connectivity index is 1.72. The predicted octanol–water partition coefficient (Wildman–Crippen LogP) is 5.40. The van der Waals surface area contributed by atoms with Crippen molar-refractivity contribution in [2.75, 3.05) is 32.3 Å². The highest BCUT2D eigenvalue weighted by Crippen LogP contribution is 2.46. The highest BCUT2D eigenvalue weighted by atomic mass is 16.6. The minimum Gasteiger partial charge on any atom is -0.507 e. The Labute approximate surface area is 227 Å². The molecular formula is C31H31NO7. The average molecular weight is 530 g/mol. The predicted molar refractivity (Wildman–Crippen MR) is 147 cm³/mol. The van der Waals surface area contributed by atoms with Gasteiger partial charge in [-0.1, -0.05) is 45.0 Å². The zero-order valence-corrected chi connectivity index (χ0v) is 22.6. The van der Waals surface area contributed by atoms with E-state index in [9.17, 15) is 14.7 Å². The third kappa shape index (κ3) is 4.67. The monoisotopic (exact) mass is 529 g/mol. The van der Waals surface area contributed by atoms with Gasteiger partial charge in [0.1, 0.15) is 30.5 Å². The van der Waals surface area contributed by atoms with Gasteiger partial charge in [0.25, 0.3) is 11.7 Å². The van der Waals surface area contributed by atoms with E-state index in [-0.39, 0.29) is 22.3 Å². The molecule has 2 aliphatic heterocycles. The van der Waals surface area contributed by atoms with Crippen LogP contribution in [0.15, 0.2) is 66.2 Å². The van der Waals surface area contributed by atoms with Crippen molar-refractivity contribution >= 4 is 23.1 Å². The van der Waals surface area contributed by atoms with E-state index in [0.717, 1.165) is 5.56 Å². The molecule has 0 radical (unpaired) electrons. The van der Waals surface area contributed by atoms with Crippen LogP contribution in [0.2, 0.25) is 0 Å². The normalized spacial score (nSPS) is 18.3. The van der Waals surface area contributed by atoms with Crippen molar-refractivity contribution in [1.82, 2.24) is 0 Å². The van der Waals surface area contributed by atoms with Gasteiger partial charge in [-0.25, -0.2) is 0 Å². The van der Waals surface area contributed by atoms with Crippen LogP contribution in [0.5, 0.6) is 23.0 Å². The lowest BCUT2D eigenvalue weighted by Gasteiger charge is -2.28. The van der Waals surface area contributed by atoms with Crippen molar-refractivity contribution in [1.29, 1.82) is 0 Å². The number of fused-ring (bicyclic) bond motifs is 1. The second-order valence-electron chi connectivity index (χ2n) is 10.4. The molecule has 5 rings (SSSR count). The van der Waals surface area contributed by atoms with E-state index in [1.165, 1.54) is 19.1 Å². The van der Waals surface area contributed by atoms with E-state index in [1.54, 1.807) is 36.4 Å². The standard InChI is InChI=1S/C31H31NO7/c1-31(2,3)19-8-6-18(7-9-19)27-26(28(33)22-17-21(36-4)11-13-23(22)37-5)29(34)30(35)32(27)20-10-12-24-25(16-20)39-15-14-38-24/h6-13,16-17,27,33H,14-15H2,1-5H3/b28-26+. The van der Waals surface area contributed by atoms with Gasteiger partial charge in [-0.3, -0.25) is 14.5 Å². The van der Waals surface area contributed by atoms with E-state index in [1.807, 2.05) is 24.3 Å². The van der Waals surface area contributed by atoms with E-state index in [2.05, 4.69) is 20.8 Å². The number of ketones is 1. The number of ether oxygens (including phenoxy) is 4. The maximum absolute atomic E-state index is 13.6. The third-order valence-corrected chi connectivity index (χ3v) is 7.00. The van der Waals surface area contributed by atoms with Gasteiger partial charge in [0.2, 0.25) is 0 Å². The number of Topliss-reactive ketones (excluding diaryl/α,β-unsaturated/α-hetero) is 1. The van der Waals surface area contributed by atoms with Gasteiger partial charge in [-0.2, -0.15) is 0 Å². The van der Waals surface area contributed by atoms with Crippen LogP contribution in [-0.2, 0) is 15.0 Å². The molecule has 3 aromatic carbocycles. The first-order valence-corrected chi connectivity index (χ1v) is 12.7. The Bertz CT molecular complexity index is 1470. The van der Waals surface area contributed by atoms with Crippen molar-refractivity contribution in [3.63, 3.8) is 0 Å². The molecule has 1 unspecified atom stereocenters. The lowest BCUT2D eigenvalue weighted by molar-refractivity contribution is -0.132. The van der Waals surface area contributed by atoms with Gasteiger partial charge in [0.15, 0.2) is 11.5 Å². The van der Waals surface area contributed by atoms with Crippen molar-refractivity contribution in [3.8, 4) is 23.0 Å². The summed E-state index contributed by atoms with van der Waals surface area (Å²) in [6, 6.07) is 16.8. The number of anilines is 1. The molecule has 202 valence electrons. The van der Waals surface area contributed by atoms with Crippen LogP contribution >= 0.6 is 0 Å². The summed E-state index contributed by atoms with van der Waals surface area (Å²) in [7, 11) is 2.97. The fourth-order valence-corrected chi connectivity index (χ4v) is 4.91. The first-order valence-electron chi connectivity index (χ1n) is 12.7. The van der Waals surface area contributed by atoms with E-state index >= 15 is 0 Å². The fourth-order valence-electron chi connectivity index (χ4n) is 4.91. The number of nitrogens with zero attached hydrogens (tertiary/aromatic N) is 1. The van der Waals surface area contributed by atoms with Gasteiger partial charge in [0, 0.05) is 11.8 Å². The van der Waals surface area contributed by atoms with Crippen molar-refractivity contribution in [2.24, 2.45) is 0 Å². The van der Waals surface area contributed by atoms with Crippen LogP contribution in [0.25, 0.3) is 5.76 Å². The number of methoxy groups -OCH3 is 2. The topological polar surface area (TPSA) is 94.5 Å². The first kappa shape index (κ1) is 26.2. The Morgan fingerprint density at radius 1 is 0.897 bits per heavy atom. The minimum atomic E-state index is -0.905. The van der Waals surface area contributed by atoms with Gasteiger partial charge in [-0.15, -0.1) is 0 Å². The maximum atomic E-state index is 13.6. The number of amides is 1. The summed E-state index contributed by atoms with van der Waals surface area (Å²) < 4.78 is 22.2. The number of aliphatic hydroxyl groups is 1. The number of hydrogen-bond donors (Lipinski definition) is 1. The van der Waals surface area contributed by atoms with Gasteiger partial charge < -0.3 is 24.1 Å². The molecule has 1 saturated heterocycles. The van der Waals surface area contributed by atoms with Crippen molar-refractivity contribution in [2.45, 2.75) is 32.2 Å². The molecule has 0 saturated carbocycles. The molecule has 0 aliphatic carbocycles. The number of aliphatic hydroxyl groups excluding tert-OH is 1. The van der Waals surface area contributed by atoms with Crippen molar-refractivity contribution in [3.05, 3.63) is 82.9 Å². The SMILES string of the molecule is COc1ccc(OC)c(/C(O)=C2\C(=O)C(=O)N(c3ccc4c(c3)OCCO4)C2c2ccc(C(C)(C)C)cc2)c1. The molecule has 0 aromatic heterocycles. The fraction of sp³-hybridized carbons (Fsp3) is 0.290. The number of carbonyl (C=O) groups excluding carboxylic acids is 2. The van der Waals surface area contributed by atoms with Gasteiger partial charge in [0.05, 0.1) is 31.4 Å². The highest BCUT2D eigenvalue weighted by Gasteiger charge is 2.47. The van der Waals surface area contributed by atoms with Gasteiger partial charge in [-0.05, 0) is 46.9 Å². The molecule has 0 bridgehead atoms. The molecule has 1 fully saturated rings.